The summed E-state index contributed by atoms with van der Waals surface area (Å²) in [7, 11) is 0. The van der Waals surface area contributed by atoms with E-state index in [-0.39, 0.29) is 5.91 Å². The Bertz CT molecular complexity index is 807. The molecule has 0 saturated heterocycles. The Morgan fingerprint density at radius 2 is 1.21 bits per heavy atom. The first-order chi connectivity index (χ1) is 13.8. The van der Waals surface area contributed by atoms with Crippen LogP contribution in [0.2, 0.25) is 0 Å². The van der Waals surface area contributed by atoms with Gasteiger partial charge in [-0.3, -0.25) is 4.79 Å². The molecule has 0 fully saturated rings. The zero-order valence-electron chi connectivity index (χ0n) is 16.7. The summed E-state index contributed by atoms with van der Waals surface area (Å²) >= 11 is 0. The second kappa shape index (κ2) is 17.3. The van der Waals surface area contributed by atoms with E-state index in [9.17, 15) is 4.79 Å². The third-order valence-electron chi connectivity index (χ3n) is 3.95. The Labute approximate surface area is 170 Å². The number of nitrogens with two attached hydrogens (primary N) is 1. The van der Waals surface area contributed by atoms with Gasteiger partial charge in [-0.2, -0.15) is 0 Å². The number of hydrogen-bond acceptors (Lipinski definition) is 1. The number of benzene rings is 1. The van der Waals surface area contributed by atoms with E-state index in [0.717, 1.165) is 50.5 Å². The van der Waals surface area contributed by atoms with E-state index in [1.165, 1.54) is 19.3 Å². The molecule has 0 heterocycles. The van der Waals surface area contributed by atoms with Crippen LogP contribution in [-0.4, -0.2) is 5.91 Å². The molecule has 1 amide bonds. The summed E-state index contributed by atoms with van der Waals surface area (Å²) < 4.78 is 0. The van der Waals surface area contributed by atoms with Gasteiger partial charge in [-0.05, 0) is 55.1 Å². The maximum absolute atomic E-state index is 10.6. The van der Waals surface area contributed by atoms with Crippen molar-refractivity contribution in [2.75, 3.05) is 0 Å². The van der Waals surface area contributed by atoms with Crippen molar-refractivity contribution in [1.82, 2.24) is 0 Å². The summed E-state index contributed by atoms with van der Waals surface area (Å²) in [6.07, 6.45) is 10.7. The van der Waals surface area contributed by atoms with Crippen molar-refractivity contribution in [1.29, 1.82) is 0 Å². The second-order valence-corrected chi connectivity index (χ2v) is 6.46. The summed E-state index contributed by atoms with van der Waals surface area (Å²) in [6.45, 7) is 0. The number of carbonyl (C=O) groups is 1. The largest absolute Gasteiger partial charge is 0.370 e. The monoisotopic (exact) mass is 371 g/mol. The zero-order valence-corrected chi connectivity index (χ0v) is 16.7. The summed E-state index contributed by atoms with van der Waals surface area (Å²) in [6, 6.07) is 9.85. The highest BCUT2D eigenvalue weighted by atomic mass is 16.1. The predicted octanol–water partition coefficient (Wildman–Crippen LogP) is 4.82. The molecular weight excluding hydrogens is 342 g/mol. The van der Waals surface area contributed by atoms with E-state index in [0.29, 0.717) is 6.42 Å². The first kappa shape index (κ1) is 23.0. The minimum atomic E-state index is -0.197. The van der Waals surface area contributed by atoms with Crippen LogP contribution in [0, 0.1) is 47.4 Å². The molecule has 0 radical (unpaired) electrons. The summed E-state index contributed by atoms with van der Waals surface area (Å²) in [5.41, 5.74) is 6.09. The lowest BCUT2D eigenvalue weighted by molar-refractivity contribution is -0.118. The van der Waals surface area contributed by atoms with E-state index in [1.807, 2.05) is 30.3 Å². The van der Waals surface area contributed by atoms with Gasteiger partial charge in [0.15, 0.2) is 0 Å². The highest BCUT2D eigenvalue weighted by molar-refractivity contribution is 5.73. The molecule has 2 N–H and O–H groups in total. The first-order valence-corrected chi connectivity index (χ1v) is 10.1. The van der Waals surface area contributed by atoms with Crippen LogP contribution < -0.4 is 5.73 Å². The van der Waals surface area contributed by atoms with Gasteiger partial charge < -0.3 is 5.73 Å². The van der Waals surface area contributed by atoms with Crippen LogP contribution in [0.1, 0.15) is 76.2 Å². The molecule has 0 aromatic heterocycles. The fourth-order valence-corrected chi connectivity index (χ4v) is 2.43. The van der Waals surface area contributed by atoms with Gasteiger partial charge in [0.05, 0.1) is 0 Å². The molecule has 1 rings (SSSR count). The molecule has 2 heteroatoms. The molecule has 2 nitrogen and oxygen atoms in total. The van der Waals surface area contributed by atoms with Gasteiger partial charge in [-0.25, -0.2) is 0 Å². The topological polar surface area (TPSA) is 43.1 Å². The molecule has 1 aromatic carbocycles. The lowest BCUT2D eigenvalue weighted by Gasteiger charge is -1.98. The molecule has 0 aliphatic heterocycles. The maximum atomic E-state index is 10.6. The first-order valence-electron chi connectivity index (χ1n) is 10.1. The Hall–Kier alpha value is -3.07. The Morgan fingerprint density at radius 1 is 0.679 bits per heavy atom. The SMILES string of the molecule is NC(=O)CCCCCCCCC#CC#CCCCC#CC#Cc1ccccc1. The predicted molar refractivity (Wildman–Crippen MR) is 117 cm³/mol. The normalized spacial score (nSPS) is 8.71. The quantitative estimate of drug-likeness (QED) is 0.465. The van der Waals surface area contributed by atoms with Crippen LogP contribution in [0.15, 0.2) is 30.3 Å². The lowest BCUT2D eigenvalue weighted by atomic mass is 10.1. The van der Waals surface area contributed by atoms with Crippen LogP contribution in [0.3, 0.4) is 0 Å². The summed E-state index contributed by atoms with van der Waals surface area (Å²) in [4.78, 5) is 10.6. The fourth-order valence-electron chi connectivity index (χ4n) is 2.43. The molecule has 0 aliphatic carbocycles. The lowest BCUT2D eigenvalue weighted by Crippen LogP contribution is -2.09. The average molecular weight is 372 g/mol. The standard InChI is InChI=1S/C26H29NO/c27-26(28)24-20-15-13-11-9-7-5-3-1-2-4-6-8-10-12-14-17-21-25-22-18-16-19-23-25/h16,18-19,22-23H,5-11,13,15,20,24H2,(H2,27,28). The highest BCUT2D eigenvalue weighted by Gasteiger charge is 1.94. The van der Waals surface area contributed by atoms with Gasteiger partial charge in [0.25, 0.3) is 0 Å². The van der Waals surface area contributed by atoms with Crippen LogP contribution in [0.5, 0.6) is 0 Å². The van der Waals surface area contributed by atoms with Crippen LogP contribution in [0.4, 0.5) is 0 Å². The minimum Gasteiger partial charge on any atom is -0.370 e. The molecule has 0 unspecified atom stereocenters. The van der Waals surface area contributed by atoms with E-state index in [1.54, 1.807) is 0 Å². The van der Waals surface area contributed by atoms with Gasteiger partial charge in [0.1, 0.15) is 0 Å². The van der Waals surface area contributed by atoms with Gasteiger partial charge >= 0.3 is 0 Å². The Balaban J connectivity index is 1.97. The van der Waals surface area contributed by atoms with E-state index in [4.69, 9.17) is 5.73 Å². The number of unbranched alkanes of at least 4 members (excludes halogenated alkanes) is 8. The summed E-state index contributed by atoms with van der Waals surface area (Å²) in [5, 5.41) is 0. The van der Waals surface area contributed by atoms with Crippen molar-refractivity contribution >= 4 is 5.91 Å². The van der Waals surface area contributed by atoms with Gasteiger partial charge in [0, 0.05) is 31.2 Å². The Morgan fingerprint density at radius 3 is 1.86 bits per heavy atom. The van der Waals surface area contributed by atoms with Crippen molar-refractivity contribution in [3.63, 3.8) is 0 Å². The zero-order chi connectivity index (χ0) is 20.1. The third kappa shape index (κ3) is 15.2. The maximum Gasteiger partial charge on any atom is 0.217 e. The molecule has 0 aliphatic rings. The van der Waals surface area contributed by atoms with Crippen LogP contribution in [0.25, 0.3) is 0 Å². The van der Waals surface area contributed by atoms with Crippen molar-refractivity contribution < 1.29 is 4.79 Å². The average Bonchev–Trinajstić information content (AvgIpc) is 2.70. The Kier molecular flexibility index (Phi) is 14.2. The number of hydrogen-bond donors (Lipinski definition) is 1. The molecule has 28 heavy (non-hydrogen) atoms. The number of carbonyl (C=O) groups excluding carboxylic acids is 1. The summed E-state index contributed by atoms with van der Waals surface area (Å²) in [5.74, 6) is 23.6. The molecular formula is C26H29NO. The number of amides is 1. The van der Waals surface area contributed by atoms with Crippen molar-refractivity contribution in [2.45, 2.75) is 70.6 Å². The van der Waals surface area contributed by atoms with Gasteiger partial charge in [-0.1, -0.05) is 67.6 Å². The number of primary amides is 1. The van der Waals surface area contributed by atoms with Crippen LogP contribution >= 0.6 is 0 Å². The van der Waals surface area contributed by atoms with Gasteiger partial charge in [0.2, 0.25) is 5.91 Å². The molecule has 1 aromatic rings. The molecule has 0 spiro atoms. The van der Waals surface area contributed by atoms with E-state index in [2.05, 4.69) is 47.4 Å². The number of rotatable bonds is 10. The van der Waals surface area contributed by atoms with Crippen molar-refractivity contribution in [3.8, 4) is 47.4 Å². The van der Waals surface area contributed by atoms with Gasteiger partial charge in [-0.15, -0.1) is 0 Å². The van der Waals surface area contributed by atoms with Crippen LogP contribution in [-0.2, 0) is 4.79 Å². The molecule has 144 valence electrons. The molecule has 0 bridgehead atoms. The second-order valence-electron chi connectivity index (χ2n) is 6.46. The highest BCUT2D eigenvalue weighted by Crippen LogP contribution is 2.07. The molecule has 0 saturated carbocycles. The third-order valence-corrected chi connectivity index (χ3v) is 3.95. The fraction of sp³-hybridized carbons (Fsp3) is 0.423. The smallest absolute Gasteiger partial charge is 0.217 e. The van der Waals surface area contributed by atoms with Crippen molar-refractivity contribution in [2.24, 2.45) is 5.73 Å². The van der Waals surface area contributed by atoms with Crippen molar-refractivity contribution in [3.05, 3.63) is 35.9 Å². The van der Waals surface area contributed by atoms with E-state index < -0.39 is 0 Å². The molecule has 0 atom stereocenters. The minimum absolute atomic E-state index is 0.197. The van der Waals surface area contributed by atoms with E-state index >= 15 is 0 Å².